The summed E-state index contributed by atoms with van der Waals surface area (Å²) in [7, 11) is 3.24. The molecule has 0 saturated heterocycles. The van der Waals surface area contributed by atoms with Gasteiger partial charge in [0.2, 0.25) is 0 Å². The average Bonchev–Trinajstić information content (AvgIpc) is 2.80. The summed E-state index contributed by atoms with van der Waals surface area (Å²) >= 11 is 0. The number of benzene rings is 2. The van der Waals surface area contributed by atoms with E-state index in [0.29, 0.717) is 47.4 Å². The van der Waals surface area contributed by atoms with Crippen molar-refractivity contribution in [2.75, 3.05) is 20.8 Å². The number of nitrogens with two attached hydrogens (primary N) is 1. The summed E-state index contributed by atoms with van der Waals surface area (Å²) in [5, 5.41) is 0.576. The van der Waals surface area contributed by atoms with E-state index in [1.807, 2.05) is 41.0 Å². The Bertz CT molecular complexity index is 1090. The van der Waals surface area contributed by atoms with E-state index in [-0.39, 0.29) is 5.56 Å². The van der Waals surface area contributed by atoms with Crippen molar-refractivity contribution in [3.05, 3.63) is 52.8 Å². The van der Waals surface area contributed by atoms with Crippen LogP contribution in [0.5, 0.6) is 11.5 Å². The van der Waals surface area contributed by atoms with Crippen LogP contribution in [0.4, 0.5) is 0 Å². The maximum atomic E-state index is 13.6. The number of fused-ring (bicyclic) bond motifs is 1. The minimum atomic E-state index is -0.0356. The average molecular weight is 408 g/mol. The van der Waals surface area contributed by atoms with Crippen molar-refractivity contribution in [3.8, 4) is 22.9 Å². The van der Waals surface area contributed by atoms with Crippen LogP contribution in [0.3, 0.4) is 0 Å². The smallest absolute Gasteiger partial charge is 0.261 e. The van der Waals surface area contributed by atoms with E-state index in [1.54, 1.807) is 20.3 Å². The van der Waals surface area contributed by atoms with Gasteiger partial charge in [-0.1, -0.05) is 18.6 Å². The molecule has 0 spiro atoms. The molecule has 6 nitrogen and oxygen atoms in total. The number of nitrogens with zero attached hydrogens (tertiary/aromatic N) is 2. The van der Waals surface area contributed by atoms with Gasteiger partial charge < -0.3 is 15.2 Å². The lowest BCUT2D eigenvalue weighted by Crippen LogP contribution is -2.30. The van der Waals surface area contributed by atoms with Crippen molar-refractivity contribution in [1.29, 1.82) is 0 Å². The second kappa shape index (κ2) is 8.88. The summed E-state index contributed by atoms with van der Waals surface area (Å²) in [4.78, 5) is 18.5. The van der Waals surface area contributed by atoms with E-state index in [4.69, 9.17) is 20.2 Å². The van der Waals surface area contributed by atoms with Crippen LogP contribution in [0.25, 0.3) is 22.3 Å². The van der Waals surface area contributed by atoms with Gasteiger partial charge in [0.05, 0.1) is 25.1 Å². The molecule has 1 fully saturated rings. The third-order valence-corrected chi connectivity index (χ3v) is 6.15. The first-order valence-corrected chi connectivity index (χ1v) is 10.6. The summed E-state index contributed by atoms with van der Waals surface area (Å²) in [6, 6.07) is 13.2. The van der Waals surface area contributed by atoms with E-state index in [2.05, 4.69) is 0 Å². The van der Waals surface area contributed by atoms with Gasteiger partial charge in [-0.15, -0.1) is 0 Å². The Hall–Kier alpha value is -2.86. The van der Waals surface area contributed by atoms with E-state index in [9.17, 15) is 4.79 Å². The molecule has 0 radical (unpaired) electrons. The zero-order chi connectivity index (χ0) is 21.1. The molecule has 3 aromatic rings. The highest BCUT2D eigenvalue weighted by molar-refractivity contribution is 5.81. The van der Waals surface area contributed by atoms with Gasteiger partial charge in [0.15, 0.2) is 0 Å². The van der Waals surface area contributed by atoms with Crippen molar-refractivity contribution in [3.63, 3.8) is 0 Å². The second-order valence-corrected chi connectivity index (χ2v) is 8.10. The molecule has 2 unspecified atom stereocenters. The van der Waals surface area contributed by atoms with E-state index >= 15 is 0 Å². The van der Waals surface area contributed by atoms with Crippen molar-refractivity contribution in [1.82, 2.24) is 9.55 Å². The number of rotatable bonds is 6. The highest BCUT2D eigenvalue weighted by Crippen LogP contribution is 2.31. The maximum absolute atomic E-state index is 13.6. The Morgan fingerprint density at radius 1 is 1.07 bits per heavy atom. The Morgan fingerprint density at radius 2 is 1.83 bits per heavy atom. The van der Waals surface area contributed by atoms with Crippen molar-refractivity contribution < 1.29 is 9.47 Å². The molecule has 2 aromatic carbocycles. The van der Waals surface area contributed by atoms with Gasteiger partial charge in [-0.25, -0.2) is 4.98 Å². The standard InChI is InChI=1S/C24H29N3O3/c1-29-19-8-4-7-18(12-19)23-26-22-10-9-20(30-2)13-21(22)24(28)27(23)15-17-6-3-5-16(11-17)14-25/h4,7-10,12-13,16-17H,3,5-6,11,14-15,25H2,1-2H3. The molecule has 1 aliphatic carbocycles. The third kappa shape index (κ3) is 4.05. The molecule has 0 bridgehead atoms. The normalized spacial score (nSPS) is 19.0. The summed E-state index contributed by atoms with van der Waals surface area (Å²) in [5.74, 6) is 3.02. The Balaban J connectivity index is 1.85. The lowest BCUT2D eigenvalue weighted by atomic mass is 9.81. The number of ether oxygens (including phenoxy) is 2. The quantitative estimate of drug-likeness (QED) is 0.671. The first-order valence-electron chi connectivity index (χ1n) is 10.6. The third-order valence-electron chi connectivity index (χ3n) is 6.15. The van der Waals surface area contributed by atoms with Gasteiger partial charge in [-0.05, 0) is 68.0 Å². The molecule has 1 aliphatic rings. The second-order valence-electron chi connectivity index (χ2n) is 8.10. The fraction of sp³-hybridized carbons (Fsp3) is 0.417. The predicted molar refractivity (Wildman–Crippen MR) is 119 cm³/mol. The minimum absolute atomic E-state index is 0.0356. The van der Waals surface area contributed by atoms with E-state index in [0.717, 1.165) is 30.6 Å². The van der Waals surface area contributed by atoms with Crippen LogP contribution in [0.15, 0.2) is 47.3 Å². The van der Waals surface area contributed by atoms with E-state index in [1.165, 1.54) is 6.42 Å². The molecule has 1 saturated carbocycles. The van der Waals surface area contributed by atoms with Gasteiger partial charge in [0, 0.05) is 12.1 Å². The monoisotopic (exact) mass is 407 g/mol. The number of hydrogen-bond acceptors (Lipinski definition) is 5. The van der Waals surface area contributed by atoms with Crippen LogP contribution in [0, 0.1) is 11.8 Å². The fourth-order valence-electron chi connectivity index (χ4n) is 4.52. The van der Waals surface area contributed by atoms with Gasteiger partial charge in [-0.2, -0.15) is 0 Å². The van der Waals surface area contributed by atoms with Gasteiger partial charge in [-0.3, -0.25) is 9.36 Å². The molecule has 2 N–H and O–H groups in total. The molecular weight excluding hydrogens is 378 g/mol. The van der Waals surface area contributed by atoms with Gasteiger partial charge >= 0.3 is 0 Å². The predicted octanol–water partition coefficient (Wildman–Crippen LogP) is 3.85. The Morgan fingerprint density at radius 3 is 2.60 bits per heavy atom. The maximum Gasteiger partial charge on any atom is 0.261 e. The highest BCUT2D eigenvalue weighted by Gasteiger charge is 2.24. The van der Waals surface area contributed by atoms with Crippen LogP contribution in [-0.4, -0.2) is 30.3 Å². The van der Waals surface area contributed by atoms with E-state index < -0.39 is 0 Å². The van der Waals surface area contributed by atoms with Gasteiger partial charge in [0.1, 0.15) is 17.3 Å². The van der Waals surface area contributed by atoms with Crippen LogP contribution in [0.1, 0.15) is 25.7 Å². The van der Waals surface area contributed by atoms with Crippen LogP contribution in [0.2, 0.25) is 0 Å². The lowest BCUT2D eigenvalue weighted by Gasteiger charge is -2.29. The number of aromatic nitrogens is 2. The van der Waals surface area contributed by atoms with Crippen molar-refractivity contribution >= 4 is 10.9 Å². The molecular formula is C24H29N3O3. The van der Waals surface area contributed by atoms with Crippen LogP contribution in [-0.2, 0) is 6.54 Å². The van der Waals surface area contributed by atoms with Crippen molar-refractivity contribution in [2.24, 2.45) is 17.6 Å². The van der Waals surface area contributed by atoms with Crippen LogP contribution >= 0.6 is 0 Å². The SMILES string of the molecule is COc1cccc(-c2nc3ccc(OC)cc3c(=O)n2CC2CCCC(CN)C2)c1. The molecule has 1 heterocycles. The van der Waals surface area contributed by atoms with Gasteiger partial charge in [0.25, 0.3) is 5.56 Å². The molecule has 6 heteroatoms. The molecule has 30 heavy (non-hydrogen) atoms. The lowest BCUT2D eigenvalue weighted by molar-refractivity contribution is 0.246. The fourth-order valence-corrected chi connectivity index (χ4v) is 4.52. The number of hydrogen-bond donors (Lipinski definition) is 1. The first-order chi connectivity index (χ1) is 14.6. The molecule has 1 aromatic heterocycles. The van der Waals surface area contributed by atoms with Crippen LogP contribution < -0.4 is 20.8 Å². The molecule has 0 aliphatic heterocycles. The van der Waals surface area contributed by atoms with Crippen molar-refractivity contribution in [2.45, 2.75) is 32.2 Å². The molecule has 158 valence electrons. The summed E-state index contributed by atoms with van der Waals surface area (Å²) in [6.45, 7) is 1.35. The molecule has 2 atom stereocenters. The topological polar surface area (TPSA) is 79.4 Å². The largest absolute Gasteiger partial charge is 0.497 e. The summed E-state index contributed by atoms with van der Waals surface area (Å²) in [6.07, 6.45) is 4.50. The highest BCUT2D eigenvalue weighted by atomic mass is 16.5. The Kier molecular flexibility index (Phi) is 6.04. The summed E-state index contributed by atoms with van der Waals surface area (Å²) < 4.78 is 12.6. The first kappa shape index (κ1) is 20.4. The number of methoxy groups -OCH3 is 2. The molecule has 0 amide bonds. The zero-order valence-corrected chi connectivity index (χ0v) is 17.6. The minimum Gasteiger partial charge on any atom is -0.497 e. The Labute approximate surface area is 176 Å². The zero-order valence-electron chi connectivity index (χ0n) is 17.6. The summed E-state index contributed by atoms with van der Waals surface area (Å²) in [5.41, 5.74) is 7.44. The molecule has 4 rings (SSSR count).